The summed E-state index contributed by atoms with van der Waals surface area (Å²) in [6.07, 6.45) is 2.68. The second kappa shape index (κ2) is 3.85. The first-order chi connectivity index (χ1) is 8.68. The largest absolute Gasteiger partial charge is 0.287 e. The lowest BCUT2D eigenvalue weighted by Crippen LogP contribution is -2.20. The quantitative estimate of drug-likeness (QED) is 0.665. The van der Waals surface area contributed by atoms with E-state index in [2.05, 4.69) is 9.98 Å². The Morgan fingerprint density at radius 1 is 1.11 bits per heavy atom. The minimum atomic E-state index is -2.58. The number of rotatable bonds is 0. The van der Waals surface area contributed by atoms with Gasteiger partial charge in [-0.05, 0) is 12.1 Å². The number of nitrogens with zero attached hydrogens (tertiary/aromatic N) is 2. The first-order valence-corrected chi connectivity index (χ1v) is 6.18. The van der Waals surface area contributed by atoms with Crippen LogP contribution >= 0.6 is 0 Å². The lowest BCUT2D eigenvalue weighted by Gasteiger charge is -2.10. The zero-order valence-electron chi connectivity index (χ0n) is 8.99. The molecule has 5 nitrogen and oxygen atoms in total. The van der Waals surface area contributed by atoms with Gasteiger partial charge < -0.3 is 0 Å². The molecule has 3 rings (SSSR count). The van der Waals surface area contributed by atoms with E-state index in [1.807, 2.05) is 6.07 Å². The highest BCUT2D eigenvalue weighted by atomic mass is 32.2. The standard InChI is InChI=1S/C12H6N2O3S/c15-12-8-4-3-7-2-1-5-13-10(7)11(8)14-6-9(12)18(16)17/h1-6H. The predicted octanol–water partition coefficient (Wildman–Crippen LogP) is 1.18. The topological polar surface area (TPSA) is 76.5 Å². The molecule has 0 bridgehead atoms. The van der Waals surface area contributed by atoms with Crippen LogP contribution in [-0.4, -0.2) is 30.3 Å². The van der Waals surface area contributed by atoms with Crippen molar-refractivity contribution in [3.8, 4) is 0 Å². The SMILES string of the molecule is O=C1C(=S(=O)=O)C=Nc2c1ccc1cccnc21. The summed E-state index contributed by atoms with van der Waals surface area (Å²) in [5.41, 5.74) is 1.28. The van der Waals surface area contributed by atoms with Gasteiger partial charge in [-0.2, -0.15) is 8.42 Å². The molecule has 0 saturated carbocycles. The first-order valence-electron chi connectivity index (χ1n) is 5.11. The fourth-order valence-electron chi connectivity index (χ4n) is 1.88. The predicted molar refractivity (Wildman–Crippen MR) is 68.2 cm³/mol. The number of aliphatic imine (C=N–C) groups is 1. The zero-order valence-corrected chi connectivity index (χ0v) is 9.81. The molecular weight excluding hydrogens is 252 g/mol. The number of carbonyl (C=O) groups is 1. The smallest absolute Gasteiger partial charge is 0.227 e. The zero-order chi connectivity index (χ0) is 12.7. The van der Waals surface area contributed by atoms with Crippen molar-refractivity contribution in [1.82, 2.24) is 4.98 Å². The molecule has 0 fully saturated rings. The van der Waals surface area contributed by atoms with Crippen molar-refractivity contribution in [3.63, 3.8) is 0 Å². The number of benzene rings is 1. The maximum absolute atomic E-state index is 12.0. The number of hydrogen-bond donors (Lipinski definition) is 0. The summed E-state index contributed by atoms with van der Waals surface area (Å²) >= 11 is 0. The highest BCUT2D eigenvalue weighted by molar-refractivity contribution is 7.76. The molecule has 1 aromatic carbocycles. The van der Waals surface area contributed by atoms with Crippen LogP contribution in [0.2, 0.25) is 0 Å². The molecule has 1 aliphatic heterocycles. The summed E-state index contributed by atoms with van der Waals surface area (Å²) in [6, 6.07) is 6.94. The molecule has 1 aliphatic rings. The summed E-state index contributed by atoms with van der Waals surface area (Å²) in [4.78, 5) is 19.8. The Morgan fingerprint density at radius 2 is 1.94 bits per heavy atom. The minimum Gasteiger partial charge on any atom is -0.287 e. The molecule has 6 heteroatoms. The molecule has 2 heterocycles. The molecule has 1 aromatic heterocycles. The third kappa shape index (κ3) is 1.46. The van der Waals surface area contributed by atoms with Gasteiger partial charge in [0.2, 0.25) is 16.1 Å². The van der Waals surface area contributed by atoms with E-state index in [-0.39, 0.29) is 10.4 Å². The van der Waals surface area contributed by atoms with Gasteiger partial charge in [0.15, 0.2) is 4.86 Å². The van der Waals surface area contributed by atoms with Crippen LogP contribution in [0.3, 0.4) is 0 Å². The number of aromatic nitrogens is 1. The second-order valence-corrected chi connectivity index (χ2v) is 4.63. The fourth-order valence-corrected chi connectivity index (χ4v) is 2.28. The van der Waals surface area contributed by atoms with Crippen LogP contribution in [0.1, 0.15) is 10.4 Å². The van der Waals surface area contributed by atoms with E-state index in [0.29, 0.717) is 11.2 Å². The second-order valence-electron chi connectivity index (χ2n) is 3.72. The molecule has 0 aliphatic carbocycles. The van der Waals surface area contributed by atoms with Crippen LogP contribution in [0.4, 0.5) is 5.69 Å². The number of carbonyl (C=O) groups excluding carboxylic acids is 1. The number of Topliss-reactive ketones (excluding diaryl/α,β-unsaturated/α-hetero) is 1. The van der Waals surface area contributed by atoms with Crippen molar-refractivity contribution in [2.45, 2.75) is 0 Å². The summed E-state index contributed by atoms with van der Waals surface area (Å²) < 4.78 is 21.7. The average molecular weight is 258 g/mol. The molecular formula is C12H6N2O3S. The van der Waals surface area contributed by atoms with E-state index < -0.39 is 16.1 Å². The maximum atomic E-state index is 12.0. The molecule has 0 saturated heterocycles. The molecule has 0 atom stereocenters. The van der Waals surface area contributed by atoms with Crippen LogP contribution in [0.25, 0.3) is 10.9 Å². The Hall–Kier alpha value is -2.34. The van der Waals surface area contributed by atoms with Crippen molar-refractivity contribution >= 4 is 43.7 Å². The van der Waals surface area contributed by atoms with Gasteiger partial charge in [0.05, 0.1) is 17.3 Å². The van der Waals surface area contributed by atoms with E-state index in [1.165, 1.54) is 0 Å². The van der Waals surface area contributed by atoms with Gasteiger partial charge in [0, 0.05) is 11.6 Å². The Balaban J connectivity index is 2.41. The van der Waals surface area contributed by atoms with Crippen molar-refractivity contribution in [1.29, 1.82) is 0 Å². The number of ketones is 1. The summed E-state index contributed by atoms with van der Waals surface area (Å²) in [7, 11) is -2.58. The summed E-state index contributed by atoms with van der Waals surface area (Å²) in [5, 5.41) is 0.855. The monoisotopic (exact) mass is 258 g/mol. The third-order valence-corrected chi connectivity index (χ3v) is 3.36. The van der Waals surface area contributed by atoms with Crippen molar-refractivity contribution in [2.24, 2.45) is 4.99 Å². The lowest BCUT2D eigenvalue weighted by molar-refractivity contribution is 0.107. The van der Waals surface area contributed by atoms with E-state index in [9.17, 15) is 13.2 Å². The fraction of sp³-hybridized carbons (Fsp3) is 0. The van der Waals surface area contributed by atoms with Gasteiger partial charge in [0.25, 0.3) is 0 Å². The molecule has 0 spiro atoms. The molecule has 2 aromatic rings. The number of fused-ring (bicyclic) bond motifs is 3. The van der Waals surface area contributed by atoms with Gasteiger partial charge >= 0.3 is 0 Å². The van der Waals surface area contributed by atoms with Crippen molar-refractivity contribution < 1.29 is 13.2 Å². The van der Waals surface area contributed by atoms with E-state index in [1.54, 1.807) is 24.4 Å². The Kier molecular flexibility index (Phi) is 2.31. The van der Waals surface area contributed by atoms with E-state index >= 15 is 0 Å². The number of hydrogen-bond acceptors (Lipinski definition) is 5. The van der Waals surface area contributed by atoms with E-state index in [4.69, 9.17) is 0 Å². The molecule has 0 unspecified atom stereocenters. The van der Waals surface area contributed by atoms with Crippen LogP contribution in [0.5, 0.6) is 0 Å². The molecule has 0 amide bonds. The van der Waals surface area contributed by atoms with Gasteiger partial charge in [-0.1, -0.05) is 12.1 Å². The van der Waals surface area contributed by atoms with Gasteiger partial charge in [-0.25, -0.2) is 0 Å². The summed E-state index contributed by atoms with van der Waals surface area (Å²) in [6.45, 7) is 0. The van der Waals surface area contributed by atoms with Crippen molar-refractivity contribution in [2.75, 3.05) is 0 Å². The van der Waals surface area contributed by atoms with Crippen LogP contribution in [0.15, 0.2) is 35.5 Å². The lowest BCUT2D eigenvalue weighted by atomic mass is 10.0. The molecule has 18 heavy (non-hydrogen) atoms. The maximum Gasteiger partial charge on any atom is 0.227 e. The minimum absolute atomic E-state index is 0.267. The Morgan fingerprint density at radius 3 is 2.72 bits per heavy atom. The van der Waals surface area contributed by atoms with Gasteiger partial charge in [-0.3, -0.25) is 14.8 Å². The molecule has 0 radical (unpaired) electrons. The van der Waals surface area contributed by atoms with Crippen LogP contribution < -0.4 is 0 Å². The van der Waals surface area contributed by atoms with E-state index in [0.717, 1.165) is 11.6 Å². The Labute approximate surface area is 103 Å². The highest BCUT2D eigenvalue weighted by Crippen LogP contribution is 2.30. The summed E-state index contributed by atoms with van der Waals surface area (Å²) in [5.74, 6) is -0.541. The van der Waals surface area contributed by atoms with Gasteiger partial charge in [-0.15, -0.1) is 0 Å². The van der Waals surface area contributed by atoms with Gasteiger partial charge in [0.1, 0.15) is 5.69 Å². The average Bonchev–Trinajstić information content (AvgIpc) is 2.38. The van der Waals surface area contributed by atoms with Crippen LogP contribution in [-0.2, 0) is 10.3 Å². The first kappa shape index (κ1) is 10.8. The Bertz CT molecular complexity index is 843. The molecule has 0 N–H and O–H groups in total. The van der Waals surface area contributed by atoms with Crippen LogP contribution in [0, 0.1) is 0 Å². The third-order valence-electron chi connectivity index (χ3n) is 2.71. The normalized spacial score (nSPS) is 13.8. The number of pyridine rings is 1. The highest BCUT2D eigenvalue weighted by Gasteiger charge is 2.23. The molecule has 88 valence electrons. The van der Waals surface area contributed by atoms with Crippen molar-refractivity contribution in [3.05, 3.63) is 36.0 Å².